The van der Waals surface area contributed by atoms with Crippen LogP contribution in [0.25, 0.3) is 0 Å². The number of anilines is 1. The van der Waals surface area contributed by atoms with Crippen molar-refractivity contribution in [3.63, 3.8) is 0 Å². The second-order valence-corrected chi connectivity index (χ2v) is 3.21. The van der Waals surface area contributed by atoms with Gasteiger partial charge in [0, 0.05) is 20.6 Å². The molecule has 0 amide bonds. The molecule has 0 saturated heterocycles. The lowest BCUT2D eigenvalue weighted by atomic mass is 10.2. The van der Waals surface area contributed by atoms with Crippen molar-refractivity contribution in [2.45, 2.75) is 6.92 Å². The maximum Gasteiger partial charge on any atom is 0.155 e. The fourth-order valence-electron chi connectivity index (χ4n) is 1.51. The molecule has 0 aromatic carbocycles. The molecular formula is C9H15N3O2. The second-order valence-electron chi connectivity index (χ2n) is 3.21. The highest BCUT2D eigenvalue weighted by atomic mass is 16.3. The molecular weight excluding hydrogens is 182 g/mol. The van der Waals surface area contributed by atoms with Crippen molar-refractivity contribution < 1.29 is 9.90 Å². The van der Waals surface area contributed by atoms with E-state index in [1.807, 2.05) is 11.9 Å². The summed E-state index contributed by atoms with van der Waals surface area (Å²) in [6.45, 7) is 2.33. The summed E-state index contributed by atoms with van der Waals surface area (Å²) >= 11 is 0. The zero-order valence-corrected chi connectivity index (χ0v) is 8.69. The Kier molecular flexibility index (Phi) is 3.24. The molecule has 0 aliphatic rings. The van der Waals surface area contributed by atoms with Gasteiger partial charge in [0.05, 0.1) is 17.9 Å². The molecule has 0 radical (unpaired) electrons. The Bertz CT molecular complexity index is 333. The number of aldehydes is 1. The van der Waals surface area contributed by atoms with Crippen molar-refractivity contribution in [1.29, 1.82) is 0 Å². The van der Waals surface area contributed by atoms with Crippen LogP contribution in [0.2, 0.25) is 0 Å². The average molecular weight is 197 g/mol. The van der Waals surface area contributed by atoms with E-state index in [1.165, 1.54) is 0 Å². The van der Waals surface area contributed by atoms with Gasteiger partial charge in [-0.15, -0.1) is 0 Å². The first-order valence-corrected chi connectivity index (χ1v) is 4.42. The van der Waals surface area contributed by atoms with Crippen molar-refractivity contribution in [1.82, 2.24) is 9.78 Å². The smallest absolute Gasteiger partial charge is 0.155 e. The molecule has 0 unspecified atom stereocenters. The predicted molar refractivity (Wildman–Crippen MR) is 53.7 cm³/mol. The van der Waals surface area contributed by atoms with Crippen LogP contribution in [0.1, 0.15) is 16.1 Å². The number of aromatic nitrogens is 2. The van der Waals surface area contributed by atoms with E-state index in [0.717, 1.165) is 12.1 Å². The van der Waals surface area contributed by atoms with E-state index in [0.29, 0.717) is 17.8 Å². The summed E-state index contributed by atoms with van der Waals surface area (Å²) in [5, 5.41) is 12.9. The van der Waals surface area contributed by atoms with Crippen LogP contribution in [0, 0.1) is 6.92 Å². The molecule has 0 aliphatic carbocycles. The number of carbonyl (C=O) groups excluding carboxylic acids is 1. The van der Waals surface area contributed by atoms with Crippen LogP contribution in [-0.4, -0.2) is 41.4 Å². The second kappa shape index (κ2) is 4.23. The van der Waals surface area contributed by atoms with Gasteiger partial charge in [-0.2, -0.15) is 5.10 Å². The molecule has 1 aromatic heterocycles. The van der Waals surface area contributed by atoms with Gasteiger partial charge in [-0.3, -0.25) is 9.48 Å². The molecule has 0 bridgehead atoms. The summed E-state index contributed by atoms with van der Waals surface area (Å²) in [7, 11) is 3.60. The third-order valence-corrected chi connectivity index (χ3v) is 2.15. The third kappa shape index (κ3) is 1.77. The highest BCUT2D eigenvalue weighted by molar-refractivity contribution is 5.84. The summed E-state index contributed by atoms with van der Waals surface area (Å²) in [6.07, 6.45) is 0.797. The van der Waals surface area contributed by atoms with Crippen LogP contribution in [-0.2, 0) is 7.05 Å². The minimum Gasteiger partial charge on any atom is -0.395 e. The van der Waals surface area contributed by atoms with Crippen molar-refractivity contribution >= 4 is 12.1 Å². The maximum atomic E-state index is 10.8. The van der Waals surface area contributed by atoms with Crippen molar-refractivity contribution in [3.8, 4) is 0 Å². The van der Waals surface area contributed by atoms with E-state index < -0.39 is 0 Å². The first-order valence-electron chi connectivity index (χ1n) is 4.42. The predicted octanol–water partition coefficient (Wildman–Crippen LogP) is -0.0305. The van der Waals surface area contributed by atoms with Gasteiger partial charge in [0.1, 0.15) is 5.82 Å². The van der Waals surface area contributed by atoms with E-state index >= 15 is 0 Å². The topological polar surface area (TPSA) is 58.4 Å². The van der Waals surface area contributed by atoms with Crippen LogP contribution in [0.5, 0.6) is 0 Å². The van der Waals surface area contributed by atoms with Gasteiger partial charge in [-0.05, 0) is 6.92 Å². The first kappa shape index (κ1) is 10.7. The van der Waals surface area contributed by atoms with Crippen molar-refractivity contribution in [2.75, 3.05) is 25.1 Å². The van der Waals surface area contributed by atoms with E-state index in [9.17, 15) is 4.79 Å². The van der Waals surface area contributed by atoms with Gasteiger partial charge in [-0.1, -0.05) is 0 Å². The molecule has 0 saturated carbocycles. The molecule has 5 nitrogen and oxygen atoms in total. The Balaban J connectivity index is 3.10. The van der Waals surface area contributed by atoms with E-state index in [1.54, 1.807) is 18.7 Å². The Morgan fingerprint density at radius 1 is 1.64 bits per heavy atom. The summed E-state index contributed by atoms with van der Waals surface area (Å²) < 4.78 is 1.65. The standard InChI is InChI=1S/C9H15N3O2/c1-7-8(6-14)9(12(3)10-7)11(2)4-5-13/h6,13H,4-5H2,1-3H3. The molecule has 0 spiro atoms. The Morgan fingerprint density at radius 3 is 2.79 bits per heavy atom. The van der Waals surface area contributed by atoms with Gasteiger partial charge >= 0.3 is 0 Å². The van der Waals surface area contributed by atoms with Gasteiger partial charge in [-0.25, -0.2) is 0 Å². The monoisotopic (exact) mass is 197 g/mol. The minimum atomic E-state index is 0.0546. The van der Waals surface area contributed by atoms with Crippen LogP contribution in [0.3, 0.4) is 0 Å². The zero-order valence-electron chi connectivity index (χ0n) is 8.69. The van der Waals surface area contributed by atoms with E-state index in [2.05, 4.69) is 5.10 Å². The molecule has 1 N–H and O–H groups in total. The van der Waals surface area contributed by atoms with Gasteiger partial charge < -0.3 is 10.0 Å². The summed E-state index contributed by atoms with van der Waals surface area (Å²) in [4.78, 5) is 12.6. The maximum absolute atomic E-state index is 10.8. The molecule has 0 aliphatic heterocycles. The van der Waals surface area contributed by atoms with Gasteiger partial charge in [0.2, 0.25) is 0 Å². The molecule has 1 aromatic rings. The number of aliphatic hydroxyl groups excluding tert-OH is 1. The number of aryl methyl sites for hydroxylation is 2. The lowest BCUT2D eigenvalue weighted by Gasteiger charge is -2.18. The Hall–Kier alpha value is -1.36. The van der Waals surface area contributed by atoms with E-state index in [-0.39, 0.29) is 6.61 Å². The number of carbonyl (C=O) groups is 1. The fourth-order valence-corrected chi connectivity index (χ4v) is 1.51. The van der Waals surface area contributed by atoms with E-state index in [4.69, 9.17) is 5.11 Å². The molecule has 0 fully saturated rings. The third-order valence-electron chi connectivity index (χ3n) is 2.15. The molecule has 0 atom stereocenters. The molecule has 1 heterocycles. The van der Waals surface area contributed by atoms with Crippen LogP contribution in [0.15, 0.2) is 0 Å². The summed E-state index contributed by atoms with van der Waals surface area (Å²) in [5.41, 5.74) is 1.30. The van der Waals surface area contributed by atoms with Crippen LogP contribution >= 0.6 is 0 Å². The van der Waals surface area contributed by atoms with Gasteiger partial charge in [0.15, 0.2) is 6.29 Å². The quantitative estimate of drug-likeness (QED) is 0.689. The highest BCUT2D eigenvalue weighted by Gasteiger charge is 2.15. The zero-order chi connectivity index (χ0) is 10.7. The normalized spacial score (nSPS) is 10.3. The highest BCUT2D eigenvalue weighted by Crippen LogP contribution is 2.19. The Morgan fingerprint density at radius 2 is 2.29 bits per heavy atom. The van der Waals surface area contributed by atoms with Crippen molar-refractivity contribution in [2.24, 2.45) is 7.05 Å². The van der Waals surface area contributed by atoms with Crippen LogP contribution < -0.4 is 4.90 Å². The largest absolute Gasteiger partial charge is 0.395 e. The number of hydrogen-bond donors (Lipinski definition) is 1. The Labute approximate surface area is 82.9 Å². The SMILES string of the molecule is Cc1nn(C)c(N(C)CCO)c1C=O. The number of rotatable bonds is 4. The lowest BCUT2D eigenvalue weighted by molar-refractivity contribution is 0.112. The van der Waals surface area contributed by atoms with Crippen LogP contribution in [0.4, 0.5) is 5.82 Å². The fraction of sp³-hybridized carbons (Fsp3) is 0.556. The molecule has 78 valence electrons. The van der Waals surface area contributed by atoms with Gasteiger partial charge in [0.25, 0.3) is 0 Å². The number of nitrogens with zero attached hydrogens (tertiary/aromatic N) is 3. The number of aliphatic hydroxyl groups is 1. The molecule has 5 heteroatoms. The molecule has 14 heavy (non-hydrogen) atoms. The minimum absolute atomic E-state index is 0.0546. The lowest BCUT2D eigenvalue weighted by Crippen LogP contribution is -2.24. The average Bonchev–Trinajstić information content (AvgIpc) is 2.40. The molecule has 1 rings (SSSR count). The number of likely N-dealkylation sites (N-methyl/N-ethyl adjacent to an activating group) is 1. The number of hydrogen-bond acceptors (Lipinski definition) is 4. The first-order chi connectivity index (χ1) is 6.61. The van der Waals surface area contributed by atoms with Crippen molar-refractivity contribution in [3.05, 3.63) is 11.3 Å². The summed E-state index contributed by atoms with van der Waals surface area (Å²) in [6, 6.07) is 0. The summed E-state index contributed by atoms with van der Waals surface area (Å²) in [5.74, 6) is 0.742.